The Morgan fingerprint density at radius 2 is 1.92 bits per heavy atom. The fourth-order valence-electron chi connectivity index (χ4n) is 2.29. The summed E-state index contributed by atoms with van der Waals surface area (Å²) in [6.07, 6.45) is 4.17. The molecule has 1 N–H and O–H groups in total. The second kappa shape index (κ2) is 3.58. The smallest absolute Gasteiger partial charge is 0.0955 e. The van der Waals surface area contributed by atoms with E-state index in [9.17, 15) is 5.11 Å². The highest BCUT2D eigenvalue weighted by Crippen LogP contribution is 2.42. The third kappa shape index (κ3) is 1.89. The van der Waals surface area contributed by atoms with Gasteiger partial charge in [0, 0.05) is 7.11 Å². The summed E-state index contributed by atoms with van der Waals surface area (Å²) in [5.41, 5.74) is -0.728. The first-order valence-electron chi connectivity index (χ1n) is 5.17. The van der Waals surface area contributed by atoms with E-state index in [0.717, 1.165) is 19.3 Å². The summed E-state index contributed by atoms with van der Waals surface area (Å²) >= 11 is 0. The van der Waals surface area contributed by atoms with Gasteiger partial charge in [-0.3, -0.25) is 0 Å². The summed E-state index contributed by atoms with van der Waals surface area (Å²) in [5, 5.41) is 10.5. The lowest BCUT2D eigenvalue weighted by atomic mass is 9.66. The molecule has 0 aromatic heterocycles. The molecule has 0 spiro atoms. The van der Waals surface area contributed by atoms with Crippen molar-refractivity contribution < 1.29 is 9.84 Å². The van der Waals surface area contributed by atoms with Gasteiger partial charge in [0.15, 0.2) is 0 Å². The lowest BCUT2D eigenvalue weighted by molar-refractivity contribution is -0.172. The summed E-state index contributed by atoms with van der Waals surface area (Å²) in [6.45, 7) is 6.26. The van der Waals surface area contributed by atoms with E-state index in [1.54, 1.807) is 7.11 Å². The fourth-order valence-corrected chi connectivity index (χ4v) is 2.29. The number of methoxy groups -OCH3 is 1. The molecule has 0 radical (unpaired) electrons. The van der Waals surface area contributed by atoms with E-state index in [2.05, 4.69) is 20.8 Å². The third-order valence-electron chi connectivity index (χ3n) is 3.39. The summed E-state index contributed by atoms with van der Waals surface area (Å²) in [7, 11) is 1.70. The second-order valence-electron chi connectivity index (χ2n) is 5.14. The van der Waals surface area contributed by atoms with Crippen LogP contribution in [0.3, 0.4) is 0 Å². The van der Waals surface area contributed by atoms with Crippen LogP contribution in [0.15, 0.2) is 0 Å². The minimum Gasteiger partial charge on any atom is -0.387 e. The van der Waals surface area contributed by atoms with Crippen LogP contribution < -0.4 is 0 Å². The number of hydrogen-bond donors (Lipinski definition) is 1. The molecule has 1 aliphatic carbocycles. The molecule has 1 fully saturated rings. The van der Waals surface area contributed by atoms with Crippen molar-refractivity contribution in [2.24, 2.45) is 5.41 Å². The highest BCUT2D eigenvalue weighted by atomic mass is 16.5. The van der Waals surface area contributed by atoms with Gasteiger partial charge in [-0.2, -0.15) is 0 Å². The molecule has 0 aliphatic heterocycles. The van der Waals surface area contributed by atoms with Crippen molar-refractivity contribution in [3.63, 3.8) is 0 Å². The third-order valence-corrected chi connectivity index (χ3v) is 3.39. The van der Waals surface area contributed by atoms with Crippen molar-refractivity contribution in [1.29, 1.82) is 0 Å². The molecule has 0 amide bonds. The molecule has 1 rings (SSSR count). The Hall–Kier alpha value is -0.0800. The molecule has 2 heteroatoms. The maximum atomic E-state index is 10.5. The van der Waals surface area contributed by atoms with E-state index in [-0.39, 0.29) is 11.5 Å². The second-order valence-corrected chi connectivity index (χ2v) is 5.14. The summed E-state index contributed by atoms with van der Waals surface area (Å²) < 4.78 is 5.38. The van der Waals surface area contributed by atoms with Crippen LogP contribution in [-0.4, -0.2) is 23.9 Å². The van der Waals surface area contributed by atoms with Gasteiger partial charge in [-0.25, -0.2) is 0 Å². The van der Waals surface area contributed by atoms with Gasteiger partial charge in [0.05, 0.1) is 11.7 Å². The zero-order valence-electron chi connectivity index (χ0n) is 9.26. The summed E-state index contributed by atoms with van der Waals surface area (Å²) in [6, 6.07) is 0. The number of aliphatic hydroxyl groups is 1. The molecule has 0 saturated heterocycles. The number of rotatable bonds is 1. The maximum Gasteiger partial charge on any atom is 0.0955 e. The van der Waals surface area contributed by atoms with Crippen LogP contribution in [0.5, 0.6) is 0 Å². The average Bonchev–Trinajstić information content (AvgIpc) is 2.03. The SMILES string of the molecule is COC1CCCCC1(O)C(C)(C)C. The normalized spacial score (nSPS) is 36.2. The lowest BCUT2D eigenvalue weighted by Crippen LogP contribution is -2.55. The van der Waals surface area contributed by atoms with E-state index < -0.39 is 5.60 Å². The van der Waals surface area contributed by atoms with Crippen LogP contribution in [0.25, 0.3) is 0 Å². The lowest BCUT2D eigenvalue weighted by Gasteiger charge is -2.47. The first-order chi connectivity index (χ1) is 5.92. The van der Waals surface area contributed by atoms with Gasteiger partial charge in [-0.15, -0.1) is 0 Å². The molecule has 2 unspecified atom stereocenters. The molecule has 78 valence electrons. The van der Waals surface area contributed by atoms with Gasteiger partial charge in [0.25, 0.3) is 0 Å². The van der Waals surface area contributed by atoms with Gasteiger partial charge >= 0.3 is 0 Å². The zero-order valence-corrected chi connectivity index (χ0v) is 9.26. The Balaban J connectivity index is 2.83. The molecule has 13 heavy (non-hydrogen) atoms. The summed E-state index contributed by atoms with van der Waals surface area (Å²) in [5.74, 6) is 0. The Labute approximate surface area is 81.3 Å². The van der Waals surface area contributed by atoms with Crippen molar-refractivity contribution in [2.75, 3.05) is 7.11 Å². The molecule has 1 aliphatic rings. The highest BCUT2D eigenvalue weighted by molar-refractivity contribution is 4.99. The fraction of sp³-hybridized carbons (Fsp3) is 1.00. The van der Waals surface area contributed by atoms with Crippen molar-refractivity contribution >= 4 is 0 Å². The van der Waals surface area contributed by atoms with E-state index >= 15 is 0 Å². The van der Waals surface area contributed by atoms with Crippen molar-refractivity contribution in [1.82, 2.24) is 0 Å². The van der Waals surface area contributed by atoms with E-state index in [1.165, 1.54) is 6.42 Å². The standard InChI is InChI=1S/C11H22O2/c1-10(2,3)11(12)8-6-5-7-9(11)13-4/h9,12H,5-8H2,1-4H3. The zero-order chi connectivity index (χ0) is 10.1. The van der Waals surface area contributed by atoms with Crippen molar-refractivity contribution in [3.8, 4) is 0 Å². The van der Waals surface area contributed by atoms with Crippen LogP contribution in [0, 0.1) is 5.41 Å². The van der Waals surface area contributed by atoms with Crippen LogP contribution >= 0.6 is 0 Å². The molecule has 0 aromatic rings. The first kappa shape index (κ1) is 11.0. The predicted octanol–water partition coefficient (Wildman–Crippen LogP) is 2.35. The van der Waals surface area contributed by atoms with E-state index in [4.69, 9.17) is 4.74 Å². The topological polar surface area (TPSA) is 29.5 Å². The molecule has 0 aromatic carbocycles. The van der Waals surface area contributed by atoms with Gasteiger partial charge in [-0.05, 0) is 18.3 Å². The molecule has 2 nitrogen and oxygen atoms in total. The van der Waals surface area contributed by atoms with E-state index in [1.807, 2.05) is 0 Å². The molecule has 0 heterocycles. The minimum absolute atomic E-state index is 0.0150. The first-order valence-corrected chi connectivity index (χ1v) is 5.17. The Kier molecular flexibility index (Phi) is 3.03. The average molecular weight is 186 g/mol. The number of ether oxygens (including phenoxy) is 1. The van der Waals surface area contributed by atoms with Crippen LogP contribution in [0.1, 0.15) is 46.5 Å². The van der Waals surface area contributed by atoms with Gasteiger partial charge < -0.3 is 9.84 Å². The largest absolute Gasteiger partial charge is 0.387 e. The summed E-state index contributed by atoms with van der Waals surface area (Å²) in [4.78, 5) is 0. The Morgan fingerprint density at radius 1 is 1.31 bits per heavy atom. The van der Waals surface area contributed by atoms with Gasteiger partial charge in [0.2, 0.25) is 0 Å². The molecular formula is C11H22O2. The highest BCUT2D eigenvalue weighted by Gasteiger charge is 2.47. The van der Waals surface area contributed by atoms with Crippen LogP contribution in [0.4, 0.5) is 0 Å². The quantitative estimate of drug-likeness (QED) is 0.681. The molecule has 2 atom stereocenters. The monoisotopic (exact) mass is 186 g/mol. The Bertz CT molecular complexity index is 171. The Morgan fingerprint density at radius 3 is 2.31 bits per heavy atom. The van der Waals surface area contributed by atoms with Gasteiger partial charge in [0.1, 0.15) is 0 Å². The van der Waals surface area contributed by atoms with Gasteiger partial charge in [-0.1, -0.05) is 33.6 Å². The minimum atomic E-state index is -0.639. The predicted molar refractivity (Wildman–Crippen MR) is 53.7 cm³/mol. The van der Waals surface area contributed by atoms with Crippen molar-refractivity contribution in [2.45, 2.75) is 58.2 Å². The molecular weight excluding hydrogens is 164 g/mol. The van der Waals surface area contributed by atoms with Crippen LogP contribution in [0.2, 0.25) is 0 Å². The van der Waals surface area contributed by atoms with Crippen LogP contribution in [-0.2, 0) is 4.74 Å². The maximum absolute atomic E-state index is 10.5. The molecule has 0 bridgehead atoms. The number of hydrogen-bond acceptors (Lipinski definition) is 2. The van der Waals surface area contributed by atoms with Crippen molar-refractivity contribution in [3.05, 3.63) is 0 Å². The molecule has 1 saturated carbocycles. The van der Waals surface area contributed by atoms with E-state index in [0.29, 0.717) is 0 Å².